The van der Waals surface area contributed by atoms with Gasteiger partial charge in [0, 0.05) is 11.1 Å². The average molecular weight is 171 g/mol. The SMILES string of the molecule is C#Cc1cccc(C2(N)CCC2)c1. The zero-order valence-electron chi connectivity index (χ0n) is 7.59. The number of hydrogen-bond acceptors (Lipinski definition) is 1. The monoisotopic (exact) mass is 171 g/mol. The van der Waals surface area contributed by atoms with Gasteiger partial charge in [0.2, 0.25) is 0 Å². The van der Waals surface area contributed by atoms with E-state index in [-0.39, 0.29) is 5.54 Å². The molecule has 1 aromatic rings. The fourth-order valence-electron chi connectivity index (χ4n) is 1.77. The standard InChI is InChI=1S/C12H13N/c1-2-10-5-3-6-11(9-10)12(13)7-4-8-12/h1,3,5-6,9H,4,7-8,13H2. The van der Waals surface area contributed by atoms with E-state index in [9.17, 15) is 0 Å². The summed E-state index contributed by atoms with van der Waals surface area (Å²) in [6, 6.07) is 8.02. The lowest BCUT2D eigenvalue weighted by molar-refractivity contribution is 0.253. The lowest BCUT2D eigenvalue weighted by Crippen LogP contribution is -2.43. The third kappa shape index (κ3) is 1.34. The molecule has 0 aliphatic heterocycles. The highest BCUT2D eigenvalue weighted by Crippen LogP contribution is 2.38. The second kappa shape index (κ2) is 2.90. The Balaban J connectivity index is 2.36. The molecule has 66 valence electrons. The zero-order chi connectivity index (χ0) is 9.31. The normalized spacial score (nSPS) is 18.8. The van der Waals surface area contributed by atoms with Gasteiger partial charge in [0.25, 0.3) is 0 Å². The van der Waals surface area contributed by atoms with E-state index in [1.165, 1.54) is 12.0 Å². The van der Waals surface area contributed by atoms with Gasteiger partial charge < -0.3 is 5.73 Å². The van der Waals surface area contributed by atoms with Crippen LogP contribution in [0.4, 0.5) is 0 Å². The Hall–Kier alpha value is -1.26. The molecule has 0 aromatic heterocycles. The van der Waals surface area contributed by atoms with Gasteiger partial charge in [-0.15, -0.1) is 6.42 Å². The van der Waals surface area contributed by atoms with Crippen molar-refractivity contribution in [3.8, 4) is 12.3 Å². The van der Waals surface area contributed by atoms with E-state index >= 15 is 0 Å². The molecule has 0 heterocycles. The molecule has 0 saturated heterocycles. The van der Waals surface area contributed by atoms with E-state index < -0.39 is 0 Å². The maximum atomic E-state index is 6.18. The van der Waals surface area contributed by atoms with E-state index in [0.717, 1.165) is 18.4 Å². The summed E-state index contributed by atoms with van der Waals surface area (Å²) in [5.41, 5.74) is 8.20. The van der Waals surface area contributed by atoms with E-state index in [2.05, 4.69) is 12.0 Å². The van der Waals surface area contributed by atoms with Gasteiger partial charge in [-0.2, -0.15) is 0 Å². The van der Waals surface area contributed by atoms with Crippen LogP contribution in [0, 0.1) is 12.3 Å². The summed E-state index contributed by atoms with van der Waals surface area (Å²) in [5.74, 6) is 2.63. The largest absolute Gasteiger partial charge is 0.321 e. The Bertz CT molecular complexity index is 356. The summed E-state index contributed by atoms with van der Waals surface area (Å²) in [5, 5.41) is 0. The van der Waals surface area contributed by atoms with Crippen molar-refractivity contribution < 1.29 is 0 Å². The van der Waals surface area contributed by atoms with Gasteiger partial charge in [0.05, 0.1) is 0 Å². The summed E-state index contributed by atoms with van der Waals surface area (Å²) >= 11 is 0. The number of rotatable bonds is 1. The van der Waals surface area contributed by atoms with Crippen LogP contribution in [0.2, 0.25) is 0 Å². The first-order valence-corrected chi connectivity index (χ1v) is 4.61. The highest BCUT2D eigenvalue weighted by molar-refractivity contribution is 5.38. The molecule has 1 fully saturated rings. The third-order valence-corrected chi connectivity index (χ3v) is 2.85. The molecule has 13 heavy (non-hydrogen) atoms. The molecule has 0 bridgehead atoms. The van der Waals surface area contributed by atoms with Crippen LogP contribution < -0.4 is 5.73 Å². The van der Waals surface area contributed by atoms with Crippen molar-refractivity contribution in [2.75, 3.05) is 0 Å². The van der Waals surface area contributed by atoms with Crippen LogP contribution in [0.15, 0.2) is 24.3 Å². The second-order valence-corrected chi connectivity index (χ2v) is 3.73. The lowest BCUT2D eigenvalue weighted by atomic mass is 9.72. The topological polar surface area (TPSA) is 26.0 Å². The van der Waals surface area contributed by atoms with Gasteiger partial charge in [0.1, 0.15) is 0 Å². The van der Waals surface area contributed by atoms with Crippen LogP contribution >= 0.6 is 0 Å². The number of benzene rings is 1. The van der Waals surface area contributed by atoms with Crippen molar-refractivity contribution in [1.29, 1.82) is 0 Å². The van der Waals surface area contributed by atoms with Crippen LogP contribution in [-0.2, 0) is 5.54 Å². The van der Waals surface area contributed by atoms with Crippen LogP contribution in [0.25, 0.3) is 0 Å². The minimum absolute atomic E-state index is 0.0904. The predicted octanol–water partition coefficient (Wildman–Crippen LogP) is 2.01. The first-order valence-electron chi connectivity index (χ1n) is 4.61. The Labute approximate surface area is 79.0 Å². The van der Waals surface area contributed by atoms with Gasteiger partial charge in [-0.05, 0) is 37.0 Å². The fraction of sp³-hybridized carbons (Fsp3) is 0.333. The Morgan fingerprint density at radius 2 is 2.15 bits per heavy atom. The third-order valence-electron chi connectivity index (χ3n) is 2.85. The van der Waals surface area contributed by atoms with Crippen LogP contribution in [0.3, 0.4) is 0 Å². The molecular formula is C12H13N. The zero-order valence-corrected chi connectivity index (χ0v) is 7.59. The molecule has 1 saturated carbocycles. The minimum Gasteiger partial charge on any atom is -0.321 e. The summed E-state index contributed by atoms with van der Waals surface area (Å²) in [6.45, 7) is 0. The lowest BCUT2D eigenvalue weighted by Gasteiger charge is -2.38. The Morgan fingerprint density at radius 3 is 2.69 bits per heavy atom. The molecule has 2 N–H and O–H groups in total. The van der Waals surface area contributed by atoms with Crippen molar-refractivity contribution in [2.45, 2.75) is 24.8 Å². The molecule has 0 atom stereocenters. The summed E-state index contributed by atoms with van der Waals surface area (Å²) in [7, 11) is 0. The molecule has 0 unspecified atom stereocenters. The van der Waals surface area contributed by atoms with E-state index in [1.54, 1.807) is 0 Å². The summed E-state index contributed by atoms with van der Waals surface area (Å²) < 4.78 is 0. The first-order chi connectivity index (χ1) is 6.24. The maximum absolute atomic E-state index is 6.18. The summed E-state index contributed by atoms with van der Waals surface area (Å²) in [4.78, 5) is 0. The molecule has 1 aromatic carbocycles. The van der Waals surface area contributed by atoms with Crippen molar-refractivity contribution in [1.82, 2.24) is 0 Å². The second-order valence-electron chi connectivity index (χ2n) is 3.73. The van der Waals surface area contributed by atoms with Crippen molar-refractivity contribution in [3.63, 3.8) is 0 Å². The fourth-order valence-corrected chi connectivity index (χ4v) is 1.77. The molecule has 1 aliphatic rings. The molecule has 2 rings (SSSR count). The van der Waals surface area contributed by atoms with Gasteiger partial charge in [-0.3, -0.25) is 0 Å². The Morgan fingerprint density at radius 1 is 1.38 bits per heavy atom. The molecular weight excluding hydrogens is 158 g/mol. The van der Waals surface area contributed by atoms with Gasteiger partial charge >= 0.3 is 0 Å². The van der Waals surface area contributed by atoms with Gasteiger partial charge in [-0.25, -0.2) is 0 Å². The van der Waals surface area contributed by atoms with E-state index in [0.29, 0.717) is 0 Å². The number of nitrogens with two attached hydrogens (primary N) is 1. The summed E-state index contributed by atoms with van der Waals surface area (Å²) in [6.07, 6.45) is 8.73. The quantitative estimate of drug-likeness (QED) is 0.643. The van der Waals surface area contributed by atoms with Gasteiger partial charge in [-0.1, -0.05) is 18.1 Å². The number of terminal acetylenes is 1. The predicted molar refractivity (Wildman–Crippen MR) is 54.1 cm³/mol. The molecule has 1 heteroatoms. The molecule has 0 radical (unpaired) electrons. The molecule has 1 aliphatic carbocycles. The Kier molecular flexibility index (Phi) is 1.86. The van der Waals surface area contributed by atoms with Crippen LogP contribution in [-0.4, -0.2) is 0 Å². The van der Waals surface area contributed by atoms with Crippen molar-refractivity contribution in [2.24, 2.45) is 5.73 Å². The highest BCUT2D eigenvalue weighted by atomic mass is 14.8. The molecule has 1 nitrogen and oxygen atoms in total. The van der Waals surface area contributed by atoms with Crippen molar-refractivity contribution in [3.05, 3.63) is 35.4 Å². The molecule has 0 amide bonds. The first kappa shape index (κ1) is 8.34. The molecule has 0 spiro atoms. The highest BCUT2D eigenvalue weighted by Gasteiger charge is 2.34. The van der Waals surface area contributed by atoms with Crippen LogP contribution in [0.1, 0.15) is 30.4 Å². The van der Waals surface area contributed by atoms with Gasteiger partial charge in [0.15, 0.2) is 0 Å². The van der Waals surface area contributed by atoms with Crippen molar-refractivity contribution >= 4 is 0 Å². The smallest absolute Gasteiger partial charge is 0.0410 e. The number of hydrogen-bond donors (Lipinski definition) is 1. The van der Waals surface area contributed by atoms with E-state index in [1.807, 2.05) is 18.2 Å². The van der Waals surface area contributed by atoms with Crippen LogP contribution in [0.5, 0.6) is 0 Å². The maximum Gasteiger partial charge on any atom is 0.0410 e. The minimum atomic E-state index is -0.0904. The average Bonchev–Trinajstić information content (AvgIpc) is 2.14. The van der Waals surface area contributed by atoms with E-state index in [4.69, 9.17) is 12.2 Å².